The quantitative estimate of drug-likeness (QED) is 0.851. The molecule has 2 aromatic rings. The summed E-state index contributed by atoms with van der Waals surface area (Å²) in [6, 6.07) is 0. The average Bonchev–Trinajstić information content (AvgIpc) is 2.49. The number of aliphatic carboxylic acids is 1. The number of carboxylic acids is 1. The molecule has 2 heterocycles. The van der Waals surface area contributed by atoms with Crippen LogP contribution < -0.4 is 5.56 Å². The minimum atomic E-state index is -1.05. The van der Waals surface area contributed by atoms with Gasteiger partial charge < -0.3 is 9.67 Å². The van der Waals surface area contributed by atoms with Gasteiger partial charge in [0.2, 0.25) is 0 Å². The number of fused-ring (bicyclic) bond motifs is 1. The molecule has 0 radical (unpaired) electrons. The van der Waals surface area contributed by atoms with Crippen LogP contribution in [0.15, 0.2) is 4.79 Å². The van der Waals surface area contributed by atoms with E-state index in [9.17, 15) is 9.59 Å². The Balaban J connectivity index is 2.90. The van der Waals surface area contributed by atoms with Gasteiger partial charge in [-0.15, -0.1) is 0 Å². The monoisotopic (exact) mass is 249 g/mol. The van der Waals surface area contributed by atoms with Crippen molar-refractivity contribution in [3.05, 3.63) is 27.4 Å². The maximum atomic E-state index is 12.3. The molecule has 0 saturated heterocycles. The SMILES string of the molecule is Cc1c(C)n(C)c2nc(C)n(CC(=O)O)c(=O)c12. The van der Waals surface area contributed by atoms with E-state index < -0.39 is 5.97 Å². The first kappa shape index (κ1) is 12.3. The maximum absolute atomic E-state index is 12.3. The third-order valence-electron chi connectivity index (χ3n) is 3.37. The fourth-order valence-electron chi connectivity index (χ4n) is 2.13. The van der Waals surface area contributed by atoms with Crippen molar-refractivity contribution in [1.29, 1.82) is 0 Å². The summed E-state index contributed by atoms with van der Waals surface area (Å²) in [6.07, 6.45) is 0. The van der Waals surface area contributed by atoms with Crippen molar-refractivity contribution < 1.29 is 9.90 Å². The number of nitrogens with zero attached hydrogens (tertiary/aromatic N) is 3. The van der Waals surface area contributed by atoms with Gasteiger partial charge >= 0.3 is 5.97 Å². The number of aromatic nitrogens is 3. The van der Waals surface area contributed by atoms with Gasteiger partial charge in [0.05, 0.1) is 5.39 Å². The van der Waals surface area contributed by atoms with Crippen LogP contribution in [0.5, 0.6) is 0 Å². The van der Waals surface area contributed by atoms with Crippen LogP contribution in [0.3, 0.4) is 0 Å². The Morgan fingerprint density at radius 3 is 2.50 bits per heavy atom. The van der Waals surface area contributed by atoms with E-state index in [1.54, 1.807) is 6.92 Å². The number of aryl methyl sites for hydroxylation is 3. The first-order valence-corrected chi connectivity index (χ1v) is 5.59. The van der Waals surface area contributed by atoms with Crippen LogP contribution in [0.1, 0.15) is 17.1 Å². The molecule has 1 N–H and O–H groups in total. The molecule has 2 aromatic heterocycles. The first-order valence-electron chi connectivity index (χ1n) is 5.59. The van der Waals surface area contributed by atoms with Crippen LogP contribution in [-0.4, -0.2) is 25.2 Å². The highest BCUT2D eigenvalue weighted by Gasteiger charge is 2.17. The molecular formula is C12H15N3O3. The van der Waals surface area contributed by atoms with Crippen molar-refractivity contribution in [2.45, 2.75) is 27.3 Å². The molecule has 6 nitrogen and oxygen atoms in total. The molecule has 6 heteroatoms. The number of carboxylic acid groups (broad SMARTS) is 1. The highest BCUT2D eigenvalue weighted by Crippen LogP contribution is 2.19. The Morgan fingerprint density at radius 1 is 1.33 bits per heavy atom. The molecule has 0 saturated carbocycles. The normalized spacial score (nSPS) is 11.1. The summed E-state index contributed by atoms with van der Waals surface area (Å²) in [5.41, 5.74) is 2.13. The summed E-state index contributed by atoms with van der Waals surface area (Å²) in [7, 11) is 1.85. The van der Waals surface area contributed by atoms with Crippen molar-refractivity contribution in [2.24, 2.45) is 7.05 Å². The van der Waals surface area contributed by atoms with Crippen molar-refractivity contribution in [1.82, 2.24) is 14.1 Å². The zero-order valence-electron chi connectivity index (χ0n) is 10.8. The summed E-state index contributed by atoms with van der Waals surface area (Å²) in [4.78, 5) is 27.4. The molecule has 0 bridgehead atoms. The number of rotatable bonds is 2. The topological polar surface area (TPSA) is 77.1 Å². The molecule has 0 aliphatic carbocycles. The van der Waals surface area contributed by atoms with E-state index in [4.69, 9.17) is 5.11 Å². The molecule has 18 heavy (non-hydrogen) atoms. The maximum Gasteiger partial charge on any atom is 0.323 e. The van der Waals surface area contributed by atoms with E-state index in [-0.39, 0.29) is 12.1 Å². The van der Waals surface area contributed by atoms with E-state index in [1.165, 1.54) is 4.57 Å². The molecule has 96 valence electrons. The van der Waals surface area contributed by atoms with Gasteiger partial charge in [-0.1, -0.05) is 0 Å². The second-order valence-corrected chi connectivity index (χ2v) is 4.41. The predicted molar refractivity (Wildman–Crippen MR) is 66.8 cm³/mol. The van der Waals surface area contributed by atoms with E-state index in [0.717, 1.165) is 11.3 Å². The van der Waals surface area contributed by atoms with E-state index in [1.807, 2.05) is 25.5 Å². The molecule has 0 aromatic carbocycles. The molecule has 0 spiro atoms. The third kappa shape index (κ3) is 1.61. The molecular weight excluding hydrogens is 234 g/mol. The lowest BCUT2D eigenvalue weighted by atomic mass is 10.2. The van der Waals surface area contributed by atoms with Crippen LogP contribution in [0, 0.1) is 20.8 Å². The Morgan fingerprint density at radius 2 is 1.94 bits per heavy atom. The Labute approximate surface area is 103 Å². The lowest BCUT2D eigenvalue weighted by molar-refractivity contribution is -0.137. The summed E-state index contributed by atoms with van der Waals surface area (Å²) < 4.78 is 3.04. The summed E-state index contributed by atoms with van der Waals surface area (Å²) in [6.45, 7) is 5.04. The number of carbonyl (C=O) groups is 1. The van der Waals surface area contributed by atoms with Crippen molar-refractivity contribution in [3.63, 3.8) is 0 Å². The highest BCUT2D eigenvalue weighted by atomic mass is 16.4. The van der Waals surface area contributed by atoms with Gasteiger partial charge in [0.15, 0.2) is 0 Å². The van der Waals surface area contributed by atoms with Crippen LogP contribution in [0.2, 0.25) is 0 Å². The fourth-order valence-corrected chi connectivity index (χ4v) is 2.13. The lowest BCUT2D eigenvalue weighted by Gasteiger charge is -2.07. The summed E-state index contributed by atoms with van der Waals surface area (Å²) in [5, 5.41) is 9.33. The van der Waals surface area contributed by atoms with Crippen LogP contribution in [0.4, 0.5) is 0 Å². The van der Waals surface area contributed by atoms with Crippen LogP contribution in [0.25, 0.3) is 11.0 Å². The van der Waals surface area contributed by atoms with Gasteiger partial charge in [-0.05, 0) is 26.3 Å². The average molecular weight is 249 g/mol. The smallest absolute Gasteiger partial charge is 0.323 e. The number of hydrogen-bond donors (Lipinski definition) is 1. The molecule has 0 aliphatic heterocycles. The Hall–Kier alpha value is -2.11. The van der Waals surface area contributed by atoms with Gasteiger partial charge in [-0.3, -0.25) is 14.2 Å². The van der Waals surface area contributed by atoms with Gasteiger partial charge in [0, 0.05) is 12.7 Å². The molecule has 0 atom stereocenters. The summed E-state index contributed by atoms with van der Waals surface area (Å²) >= 11 is 0. The van der Waals surface area contributed by atoms with Crippen molar-refractivity contribution >= 4 is 17.0 Å². The zero-order chi connectivity index (χ0) is 13.6. The van der Waals surface area contributed by atoms with Gasteiger partial charge in [0.25, 0.3) is 5.56 Å². The molecule has 0 fully saturated rings. The predicted octanol–water partition coefficient (Wildman–Crippen LogP) is 0.745. The highest BCUT2D eigenvalue weighted by molar-refractivity contribution is 5.81. The fraction of sp³-hybridized carbons (Fsp3) is 0.417. The standard InChI is InChI=1S/C12H15N3O3/c1-6-7(2)14(4)11-10(6)12(18)15(5-9(16)17)8(3)13-11/h5H2,1-4H3,(H,16,17). The van der Waals surface area contributed by atoms with Gasteiger partial charge in [-0.2, -0.15) is 0 Å². The Bertz CT molecular complexity index is 710. The van der Waals surface area contributed by atoms with Gasteiger partial charge in [-0.25, -0.2) is 4.98 Å². The minimum absolute atomic E-state index is 0.291. The lowest BCUT2D eigenvalue weighted by Crippen LogP contribution is -2.27. The van der Waals surface area contributed by atoms with E-state index in [0.29, 0.717) is 16.9 Å². The largest absolute Gasteiger partial charge is 0.480 e. The van der Waals surface area contributed by atoms with Gasteiger partial charge in [0.1, 0.15) is 18.0 Å². The third-order valence-corrected chi connectivity index (χ3v) is 3.37. The minimum Gasteiger partial charge on any atom is -0.480 e. The van der Waals surface area contributed by atoms with Crippen LogP contribution in [-0.2, 0) is 18.4 Å². The summed E-state index contributed by atoms with van der Waals surface area (Å²) in [5.74, 6) is -0.637. The molecule has 0 aliphatic rings. The van der Waals surface area contributed by atoms with E-state index in [2.05, 4.69) is 4.98 Å². The number of hydrogen-bond acceptors (Lipinski definition) is 3. The Kier molecular flexibility index (Phi) is 2.73. The first-order chi connectivity index (χ1) is 8.34. The molecule has 2 rings (SSSR count). The van der Waals surface area contributed by atoms with Crippen molar-refractivity contribution in [3.8, 4) is 0 Å². The van der Waals surface area contributed by atoms with Crippen LogP contribution >= 0.6 is 0 Å². The van der Waals surface area contributed by atoms with E-state index >= 15 is 0 Å². The molecule has 0 amide bonds. The molecule has 0 unspecified atom stereocenters. The second kappa shape index (κ2) is 3.97. The zero-order valence-corrected chi connectivity index (χ0v) is 10.8. The van der Waals surface area contributed by atoms with Crippen molar-refractivity contribution in [2.75, 3.05) is 0 Å². The second-order valence-electron chi connectivity index (χ2n) is 4.41.